The largest absolute Gasteiger partial charge is 0.483 e. The van der Waals surface area contributed by atoms with Gasteiger partial charge in [0.2, 0.25) is 0 Å². The first-order valence-electron chi connectivity index (χ1n) is 9.78. The molecule has 0 spiro atoms. The molecule has 158 valence electrons. The van der Waals surface area contributed by atoms with Crippen LogP contribution in [-0.4, -0.2) is 23.3 Å². The Morgan fingerprint density at radius 1 is 1.10 bits per heavy atom. The van der Waals surface area contributed by atoms with E-state index in [2.05, 4.69) is 5.32 Å². The molecular weight excluding hydrogens is 419 g/mol. The summed E-state index contributed by atoms with van der Waals surface area (Å²) in [6.07, 6.45) is 0. The first-order chi connectivity index (χ1) is 14.9. The molecule has 3 aromatic rings. The molecule has 31 heavy (non-hydrogen) atoms. The Labute approximate surface area is 184 Å². The van der Waals surface area contributed by atoms with E-state index in [1.54, 1.807) is 59.5 Å². The number of nitrogens with one attached hydrogen (secondary N) is 1. The highest BCUT2D eigenvalue weighted by Gasteiger charge is 2.27. The molecule has 0 saturated carbocycles. The second-order valence-corrected chi connectivity index (χ2v) is 7.76. The van der Waals surface area contributed by atoms with Gasteiger partial charge in [-0.25, -0.2) is 4.39 Å². The van der Waals surface area contributed by atoms with Gasteiger partial charge in [0.15, 0.2) is 6.61 Å². The Balaban J connectivity index is 1.56. The fourth-order valence-electron chi connectivity index (χ4n) is 3.49. The lowest BCUT2D eigenvalue weighted by Gasteiger charge is -2.28. The summed E-state index contributed by atoms with van der Waals surface area (Å²) >= 11 is 5.88. The molecule has 2 amide bonds. The number of ether oxygens (including phenoxy) is 1. The molecule has 1 atom stereocenters. The molecule has 0 fully saturated rings. The zero-order chi connectivity index (χ0) is 22.0. The number of nitrogens with zero attached hydrogens (tertiary/aromatic N) is 1. The monoisotopic (exact) mass is 438 g/mol. The second-order valence-electron chi connectivity index (χ2n) is 7.32. The summed E-state index contributed by atoms with van der Waals surface area (Å²) in [5.74, 6) is -0.168. The third-order valence-corrected chi connectivity index (χ3v) is 5.51. The Kier molecular flexibility index (Phi) is 5.91. The molecule has 4 rings (SSSR count). The fourth-order valence-corrected chi connectivity index (χ4v) is 3.62. The van der Waals surface area contributed by atoms with E-state index in [4.69, 9.17) is 16.3 Å². The van der Waals surface area contributed by atoms with Crippen LogP contribution in [0.3, 0.4) is 0 Å². The summed E-state index contributed by atoms with van der Waals surface area (Å²) < 4.78 is 19.0. The minimum Gasteiger partial charge on any atom is -0.483 e. The number of carbonyl (C=O) groups excluding carboxylic acids is 2. The molecule has 0 bridgehead atoms. The molecule has 1 N–H and O–H groups in total. The van der Waals surface area contributed by atoms with Crippen LogP contribution in [0.4, 0.5) is 10.1 Å². The minimum atomic E-state index is -0.326. The minimum absolute atomic E-state index is 0.0883. The van der Waals surface area contributed by atoms with E-state index in [0.29, 0.717) is 28.6 Å². The van der Waals surface area contributed by atoms with Gasteiger partial charge in [-0.1, -0.05) is 23.7 Å². The Hall–Kier alpha value is -3.38. The van der Waals surface area contributed by atoms with Crippen LogP contribution in [0.25, 0.3) is 0 Å². The van der Waals surface area contributed by atoms with Crippen LogP contribution in [0.15, 0.2) is 66.7 Å². The Morgan fingerprint density at radius 2 is 1.81 bits per heavy atom. The highest BCUT2D eigenvalue weighted by molar-refractivity contribution is 6.30. The third-order valence-electron chi connectivity index (χ3n) is 5.26. The SMILES string of the molecule is C[C@@H](c1ccc(F)cc1)N1Cc2cc(NC(=O)c3ccc(Cl)cc3)ccc2OCC1=O. The van der Waals surface area contributed by atoms with E-state index in [-0.39, 0.29) is 30.3 Å². The number of anilines is 1. The Bertz CT molecular complexity index is 1120. The van der Waals surface area contributed by atoms with Crippen LogP contribution in [0.5, 0.6) is 5.75 Å². The van der Waals surface area contributed by atoms with E-state index in [1.165, 1.54) is 12.1 Å². The highest BCUT2D eigenvalue weighted by Crippen LogP contribution is 2.31. The van der Waals surface area contributed by atoms with Gasteiger partial charge in [0, 0.05) is 21.8 Å². The maximum Gasteiger partial charge on any atom is 0.261 e. The predicted molar refractivity (Wildman–Crippen MR) is 117 cm³/mol. The van der Waals surface area contributed by atoms with Crippen molar-refractivity contribution in [2.24, 2.45) is 0 Å². The highest BCUT2D eigenvalue weighted by atomic mass is 35.5. The van der Waals surface area contributed by atoms with Crippen molar-refractivity contribution in [1.29, 1.82) is 0 Å². The number of halogens is 2. The normalized spacial score (nSPS) is 14.3. The van der Waals surface area contributed by atoms with Gasteiger partial charge in [0.1, 0.15) is 11.6 Å². The van der Waals surface area contributed by atoms with E-state index < -0.39 is 0 Å². The number of hydrogen-bond acceptors (Lipinski definition) is 3. The maximum atomic E-state index is 13.3. The van der Waals surface area contributed by atoms with Crippen molar-refractivity contribution in [3.63, 3.8) is 0 Å². The smallest absolute Gasteiger partial charge is 0.261 e. The second kappa shape index (κ2) is 8.78. The number of rotatable bonds is 4. The molecule has 3 aromatic carbocycles. The lowest BCUT2D eigenvalue weighted by molar-refractivity contribution is -0.135. The molecule has 1 aliphatic heterocycles. The van der Waals surface area contributed by atoms with Gasteiger partial charge in [0.25, 0.3) is 11.8 Å². The quantitative estimate of drug-likeness (QED) is 0.608. The summed E-state index contributed by atoms with van der Waals surface area (Å²) in [6, 6.07) is 17.7. The molecule has 7 heteroatoms. The van der Waals surface area contributed by atoms with Crippen LogP contribution in [-0.2, 0) is 11.3 Å². The van der Waals surface area contributed by atoms with E-state index >= 15 is 0 Å². The molecule has 0 radical (unpaired) electrons. The van der Waals surface area contributed by atoms with Crippen molar-refractivity contribution in [1.82, 2.24) is 4.90 Å². The molecule has 0 aromatic heterocycles. The van der Waals surface area contributed by atoms with Crippen LogP contribution >= 0.6 is 11.6 Å². The van der Waals surface area contributed by atoms with Crippen LogP contribution in [0.1, 0.15) is 34.5 Å². The van der Waals surface area contributed by atoms with Crippen LogP contribution in [0, 0.1) is 5.82 Å². The lowest BCUT2D eigenvalue weighted by Crippen LogP contribution is -2.34. The third kappa shape index (κ3) is 4.70. The van der Waals surface area contributed by atoms with Gasteiger partial charge in [-0.15, -0.1) is 0 Å². The number of carbonyl (C=O) groups is 2. The maximum absolute atomic E-state index is 13.3. The van der Waals surface area contributed by atoms with Gasteiger partial charge in [0.05, 0.1) is 12.6 Å². The predicted octanol–water partition coefficient (Wildman–Crippen LogP) is 5.21. The first kappa shape index (κ1) is 20.9. The van der Waals surface area contributed by atoms with E-state index in [9.17, 15) is 14.0 Å². The van der Waals surface area contributed by atoms with Crippen LogP contribution < -0.4 is 10.1 Å². The average molecular weight is 439 g/mol. The molecular formula is C24H20ClFN2O3. The van der Waals surface area contributed by atoms with Gasteiger partial charge < -0.3 is 15.0 Å². The van der Waals surface area contributed by atoms with Crippen molar-refractivity contribution in [2.75, 3.05) is 11.9 Å². The Morgan fingerprint density at radius 3 is 2.52 bits per heavy atom. The van der Waals surface area contributed by atoms with E-state index in [0.717, 1.165) is 11.1 Å². The zero-order valence-electron chi connectivity index (χ0n) is 16.8. The van der Waals surface area contributed by atoms with Crippen molar-refractivity contribution in [3.8, 4) is 5.75 Å². The van der Waals surface area contributed by atoms with Crippen molar-refractivity contribution >= 4 is 29.1 Å². The van der Waals surface area contributed by atoms with Crippen molar-refractivity contribution in [3.05, 3.63) is 94.3 Å². The van der Waals surface area contributed by atoms with Crippen molar-refractivity contribution < 1.29 is 18.7 Å². The summed E-state index contributed by atoms with van der Waals surface area (Å²) in [5.41, 5.74) is 2.67. The molecule has 0 unspecified atom stereocenters. The summed E-state index contributed by atoms with van der Waals surface area (Å²) in [5, 5.41) is 3.41. The molecule has 1 aliphatic rings. The molecule has 0 aliphatic carbocycles. The molecule has 0 saturated heterocycles. The van der Waals surface area contributed by atoms with Crippen molar-refractivity contribution in [2.45, 2.75) is 19.5 Å². The summed E-state index contributed by atoms with van der Waals surface area (Å²) in [6.45, 7) is 2.11. The fraction of sp³-hybridized carbons (Fsp3) is 0.167. The number of fused-ring (bicyclic) bond motifs is 1. The summed E-state index contributed by atoms with van der Waals surface area (Å²) in [7, 11) is 0. The zero-order valence-corrected chi connectivity index (χ0v) is 17.5. The number of hydrogen-bond donors (Lipinski definition) is 1. The summed E-state index contributed by atoms with van der Waals surface area (Å²) in [4.78, 5) is 26.9. The van der Waals surface area contributed by atoms with Gasteiger partial charge in [-0.2, -0.15) is 0 Å². The molecule has 5 nitrogen and oxygen atoms in total. The van der Waals surface area contributed by atoms with Crippen LogP contribution in [0.2, 0.25) is 5.02 Å². The first-order valence-corrected chi connectivity index (χ1v) is 10.2. The number of benzene rings is 3. The molecule has 1 heterocycles. The lowest BCUT2D eigenvalue weighted by atomic mass is 10.1. The van der Waals surface area contributed by atoms with Gasteiger partial charge in [-0.05, 0) is 67.1 Å². The van der Waals surface area contributed by atoms with E-state index in [1.807, 2.05) is 6.92 Å². The van der Waals surface area contributed by atoms with Gasteiger partial charge in [-0.3, -0.25) is 9.59 Å². The van der Waals surface area contributed by atoms with Gasteiger partial charge >= 0.3 is 0 Å². The number of amides is 2. The topological polar surface area (TPSA) is 58.6 Å². The standard InChI is InChI=1S/C24H20ClFN2O3/c1-15(16-4-8-20(26)9-5-16)28-13-18-12-21(10-11-22(18)31-14-23(28)29)27-24(30)17-2-6-19(25)7-3-17/h2-12,15H,13-14H2,1H3,(H,27,30)/t15-/m0/s1. The average Bonchev–Trinajstić information content (AvgIpc) is 2.93.